The lowest BCUT2D eigenvalue weighted by atomic mass is 10.2. The van der Waals surface area contributed by atoms with Crippen molar-refractivity contribution in [2.45, 2.75) is 13.1 Å². The van der Waals surface area contributed by atoms with E-state index in [4.69, 9.17) is 23.2 Å². The van der Waals surface area contributed by atoms with Crippen molar-refractivity contribution in [1.29, 1.82) is 0 Å². The summed E-state index contributed by atoms with van der Waals surface area (Å²) in [6.07, 6.45) is 0. The molecule has 2 N–H and O–H groups in total. The highest BCUT2D eigenvalue weighted by Gasteiger charge is 2.03. The highest BCUT2D eigenvalue weighted by Crippen LogP contribution is 2.14. The van der Waals surface area contributed by atoms with Crippen LogP contribution in [0.15, 0.2) is 48.5 Å². The average Bonchev–Trinajstić information content (AvgIpc) is 2.48. The molecule has 0 aliphatic carbocycles. The van der Waals surface area contributed by atoms with Crippen molar-refractivity contribution < 1.29 is 4.79 Å². The zero-order chi connectivity index (χ0) is 15.1. The summed E-state index contributed by atoms with van der Waals surface area (Å²) in [6.45, 7) is 1.31. The second-order valence-corrected chi connectivity index (χ2v) is 5.44. The van der Waals surface area contributed by atoms with Crippen LogP contribution in [-0.2, 0) is 17.9 Å². The number of hydrogen-bond acceptors (Lipinski definition) is 2. The number of carbonyl (C=O) groups excluding carboxylic acids is 1. The monoisotopic (exact) mass is 322 g/mol. The van der Waals surface area contributed by atoms with E-state index in [1.165, 1.54) is 0 Å². The van der Waals surface area contributed by atoms with Gasteiger partial charge in [-0.3, -0.25) is 4.79 Å². The lowest BCUT2D eigenvalue weighted by molar-refractivity contribution is -0.120. The molecule has 0 saturated heterocycles. The Labute approximate surface area is 134 Å². The van der Waals surface area contributed by atoms with Gasteiger partial charge in [0.1, 0.15) is 0 Å². The van der Waals surface area contributed by atoms with Gasteiger partial charge in [-0.15, -0.1) is 0 Å². The molecule has 0 spiro atoms. The zero-order valence-electron chi connectivity index (χ0n) is 11.4. The number of nitrogens with one attached hydrogen (secondary N) is 2. The van der Waals surface area contributed by atoms with Crippen molar-refractivity contribution in [2.75, 3.05) is 6.54 Å². The van der Waals surface area contributed by atoms with Crippen LogP contribution in [0.5, 0.6) is 0 Å². The smallest absolute Gasteiger partial charge is 0.234 e. The molecule has 5 heteroatoms. The molecule has 2 rings (SSSR count). The summed E-state index contributed by atoms with van der Waals surface area (Å²) < 4.78 is 0. The van der Waals surface area contributed by atoms with Crippen molar-refractivity contribution in [3.63, 3.8) is 0 Å². The fraction of sp³-hybridized carbons (Fsp3) is 0.188. The molecule has 0 aliphatic heterocycles. The van der Waals surface area contributed by atoms with E-state index in [1.54, 1.807) is 0 Å². The van der Waals surface area contributed by atoms with E-state index in [0.717, 1.165) is 11.1 Å². The minimum atomic E-state index is -0.0658. The van der Waals surface area contributed by atoms with E-state index in [1.807, 2.05) is 48.5 Å². The predicted octanol–water partition coefficient (Wildman–Crippen LogP) is 3.40. The van der Waals surface area contributed by atoms with Crippen LogP contribution in [0.4, 0.5) is 0 Å². The molecule has 0 heterocycles. The Kier molecular flexibility index (Phi) is 6.05. The SMILES string of the molecule is O=C(CNCc1ccc(Cl)cc1)NCc1ccccc1Cl. The summed E-state index contributed by atoms with van der Waals surface area (Å²) in [5.41, 5.74) is 1.99. The molecule has 2 aromatic carbocycles. The van der Waals surface area contributed by atoms with Crippen molar-refractivity contribution in [2.24, 2.45) is 0 Å². The van der Waals surface area contributed by atoms with E-state index in [0.29, 0.717) is 23.1 Å². The first-order valence-corrected chi connectivity index (χ1v) is 7.36. The number of halogens is 2. The van der Waals surface area contributed by atoms with Gasteiger partial charge in [0, 0.05) is 23.1 Å². The van der Waals surface area contributed by atoms with Crippen LogP contribution in [-0.4, -0.2) is 12.5 Å². The molecule has 3 nitrogen and oxygen atoms in total. The highest BCUT2D eigenvalue weighted by molar-refractivity contribution is 6.31. The number of carbonyl (C=O) groups is 1. The van der Waals surface area contributed by atoms with Crippen LogP contribution in [0.3, 0.4) is 0 Å². The van der Waals surface area contributed by atoms with E-state index < -0.39 is 0 Å². The lowest BCUT2D eigenvalue weighted by Crippen LogP contribution is -2.33. The summed E-state index contributed by atoms with van der Waals surface area (Å²) in [6, 6.07) is 15.0. The zero-order valence-corrected chi connectivity index (χ0v) is 12.9. The fourth-order valence-corrected chi connectivity index (χ4v) is 2.15. The first kappa shape index (κ1) is 15.8. The largest absolute Gasteiger partial charge is 0.351 e. The number of amides is 1. The van der Waals surface area contributed by atoms with Crippen LogP contribution in [0, 0.1) is 0 Å². The topological polar surface area (TPSA) is 41.1 Å². The van der Waals surface area contributed by atoms with Gasteiger partial charge in [0.05, 0.1) is 6.54 Å². The third-order valence-corrected chi connectivity index (χ3v) is 3.58. The highest BCUT2D eigenvalue weighted by atomic mass is 35.5. The fourth-order valence-electron chi connectivity index (χ4n) is 1.82. The molecular formula is C16H16Cl2N2O. The number of hydrogen-bond donors (Lipinski definition) is 2. The molecule has 1 amide bonds. The maximum atomic E-state index is 11.7. The van der Waals surface area contributed by atoms with E-state index in [2.05, 4.69) is 10.6 Å². The van der Waals surface area contributed by atoms with Crippen molar-refractivity contribution in [3.05, 3.63) is 69.7 Å². The minimum Gasteiger partial charge on any atom is -0.351 e. The Hall–Kier alpha value is -1.55. The Morgan fingerprint density at radius 2 is 1.67 bits per heavy atom. The first-order chi connectivity index (χ1) is 10.1. The summed E-state index contributed by atoms with van der Waals surface area (Å²) >= 11 is 11.8. The maximum absolute atomic E-state index is 11.7. The van der Waals surface area contributed by atoms with Crippen LogP contribution in [0.25, 0.3) is 0 Å². The molecule has 110 valence electrons. The van der Waals surface area contributed by atoms with Gasteiger partial charge in [0.25, 0.3) is 0 Å². The Morgan fingerprint density at radius 3 is 2.38 bits per heavy atom. The summed E-state index contributed by atoms with van der Waals surface area (Å²) in [4.78, 5) is 11.7. The number of benzene rings is 2. The van der Waals surface area contributed by atoms with Gasteiger partial charge < -0.3 is 10.6 Å². The van der Waals surface area contributed by atoms with Gasteiger partial charge in [-0.1, -0.05) is 53.5 Å². The van der Waals surface area contributed by atoms with Crippen LogP contribution in [0.2, 0.25) is 10.0 Å². The standard InChI is InChI=1S/C16H16Cl2N2O/c17-14-7-5-12(6-8-14)9-19-11-16(21)20-10-13-3-1-2-4-15(13)18/h1-8,19H,9-11H2,(H,20,21). The Morgan fingerprint density at radius 1 is 0.952 bits per heavy atom. The average molecular weight is 323 g/mol. The molecular weight excluding hydrogens is 307 g/mol. The van der Waals surface area contributed by atoms with Crippen molar-refractivity contribution in [1.82, 2.24) is 10.6 Å². The maximum Gasteiger partial charge on any atom is 0.234 e. The van der Waals surface area contributed by atoms with E-state index in [9.17, 15) is 4.79 Å². The summed E-state index contributed by atoms with van der Waals surface area (Å²) in [5.74, 6) is -0.0658. The molecule has 0 fully saturated rings. The molecule has 2 aromatic rings. The van der Waals surface area contributed by atoms with Crippen LogP contribution >= 0.6 is 23.2 Å². The molecule has 0 saturated carbocycles. The van der Waals surface area contributed by atoms with Gasteiger partial charge in [0.15, 0.2) is 0 Å². The van der Waals surface area contributed by atoms with Crippen molar-refractivity contribution in [3.8, 4) is 0 Å². The molecule has 0 bridgehead atoms. The molecule has 0 aliphatic rings. The van der Waals surface area contributed by atoms with Gasteiger partial charge in [0.2, 0.25) is 5.91 Å². The van der Waals surface area contributed by atoms with E-state index in [-0.39, 0.29) is 12.5 Å². The molecule has 21 heavy (non-hydrogen) atoms. The first-order valence-electron chi connectivity index (χ1n) is 6.60. The lowest BCUT2D eigenvalue weighted by Gasteiger charge is -2.08. The normalized spacial score (nSPS) is 10.4. The second kappa shape index (κ2) is 8.03. The molecule has 0 radical (unpaired) electrons. The molecule has 0 unspecified atom stereocenters. The quantitative estimate of drug-likeness (QED) is 0.855. The molecule has 0 atom stereocenters. The van der Waals surface area contributed by atoms with Crippen molar-refractivity contribution >= 4 is 29.1 Å². The van der Waals surface area contributed by atoms with Gasteiger partial charge in [-0.2, -0.15) is 0 Å². The second-order valence-electron chi connectivity index (χ2n) is 4.60. The predicted molar refractivity (Wildman–Crippen MR) is 86.5 cm³/mol. The third-order valence-electron chi connectivity index (χ3n) is 2.96. The van der Waals surface area contributed by atoms with Crippen LogP contribution in [0.1, 0.15) is 11.1 Å². The third kappa shape index (κ3) is 5.38. The van der Waals surface area contributed by atoms with Gasteiger partial charge in [-0.25, -0.2) is 0 Å². The van der Waals surface area contributed by atoms with E-state index >= 15 is 0 Å². The Balaban J connectivity index is 1.70. The number of rotatable bonds is 6. The van der Waals surface area contributed by atoms with Gasteiger partial charge in [-0.05, 0) is 29.3 Å². The summed E-state index contributed by atoms with van der Waals surface area (Å²) in [5, 5.41) is 7.28. The molecule has 0 aromatic heterocycles. The van der Waals surface area contributed by atoms with Gasteiger partial charge >= 0.3 is 0 Å². The van der Waals surface area contributed by atoms with Crippen LogP contribution < -0.4 is 10.6 Å². The Bertz CT molecular complexity index is 599. The minimum absolute atomic E-state index is 0.0658. The summed E-state index contributed by atoms with van der Waals surface area (Å²) in [7, 11) is 0.